The molecule has 2 rings (SSSR count). The van der Waals surface area contributed by atoms with Gasteiger partial charge in [0.2, 0.25) is 0 Å². The average molecular weight is 287 g/mol. The van der Waals surface area contributed by atoms with Gasteiger partial charge in [0.05, 0.1) is 7.11 Å². The molecule has 112 valence electrons. The van der Waals surface area contributed by atoms with Gasteiger partial charge in [0.15, 0.2) is 0 Å². The van der Waals surface area contributed by atoms with E-state index in [4.69, 9.17) is 4.74 Å². The van der Waals surface area contributed by atoms with Gasteiger partial charge in [-0.05, 0) is 50.1 Å². The van der Waals surface area contributed by atoms with Crippen LogP contribution < -0.4 is 10.1 Å². The predicted molar refractivity (Wildman–Crippen MR) is 84.1 cm³/mol. The van der Waals surface area contributed by atoms with Gasteiger partial charge in [0, 0.05) is 18.2 Å². The number of aryl methyl sites for hydroxylation is 2. The van der Waals surface area contributed by atoms with E-state index in [1.54, 1.807) is 13.2 Å². The van der Waals surface area contributed by atoms with Gasteiger partial charge in [-0.15, -0.1) is 0 Å². The van der Waals surface area contributed by atoms with Crippen LogP contribution in [-0.4, -0.2) is 7.11 Å². The van der Waals surface area contributed by atoms with E-state index in [-0.39, 0.29) is 11.9 Å². The van der Waals surface area contributed by atoms with Crippen molar-refractivity contribution in [3.05, 3.63) is 64.5 Å². The zero-order valence-corrected chi connectivity index (χ0v) is 13.0. The molecule has 0 spiro atoms. The van der Waals surface area contributed by atoms with E-state index >= 15 is 0 Å². The van der Waals surface area contributed by atoms with Crippen LogP contribution in [0.15, 0.2) is 36.4 Å². The minimum absolute atomic E-state index is 0.00978. The molecule has 0 saturated heterocycles. The van der Waals surface area contributed by atoms with Crippen molar-refractivity contribution in [3.63, 3.8) is 0 Å². The van der Waals surface area contributed by atoms with Crippen LogP contribution in [0.25, 0.3) is 0 Å². The summed E-state index contributed by atoms with van der Waals surface area (Å²) in [6, 6.07) is 11.0. The summed E-state index contributed by atoms with van der Waals surface area (Å²) in [4.78, 5) is 0. The third-order valence-electron chi connectivity index (χ3n) is 3.76. The third-order valence-corrected chi connectivity index (χ3v) is 3.76. The second-order valence-corrected chi connectivity index (χ2v) is 5.42. The molecule has 2 aromatic rings. The summed E-state index contributed by atoms with van der Waals surface area (Å²) in [7, 11) is 1.61. The minimum atomic E-state index is -0.244. The van der Waals surface area contributed by atoms with Crippen molar-refractivity contribution in [2.24, 2.45) is 0 Å². The Morgan fingerprint density at radius 3 is 2.62 bits per heavy atom. The van der Waals surface area contributed by atoms with Gasteiger partial charge in [-0.2, -0.15) is 0 Å². The summed E-state index contributed by atoms with van der Waals surface area (Å²) in [5.41, 5.74) is 4.60. The van der Waals surface area contributed by atoms with Crippen LogP contribution in [0.3, 0.4) is 0 Å². The maximum absolute atomic E-state index is 13.4. The molecule has 1 unspecified atom stereocenters. The van der Waals surface area contributed by atoms with E-state index in [0.29, 0.717) is 5.75 Å². The van der Waals surface area contributed by atoms with Crippen molar-refractivity contribution in [1.29, 1.82) is 0 Å². The van der Waals surface area contributed by atoms with Gasteiger partial charge in [0.1, 0.15) is 11.6 Å². The molecule has 0 aliphatic heterocycles. The molecule has 2 aromatic carbocycles. The first kappa shape index (κ1) is 15.5. The smallest absolute Gasteiger partial charge is 0.123 e. The zero-order valence-electron chi connectivity index (χ0n) is 13.0. The Kier molecular flexibility index (Phi) is 4.97. The lowest BCUT2D eigenvalue weighted by molar-refractivity contribution is 0.399. The number of methoxy groups -OCH3 is 1. The monoisotopic (exact) mass is 287 g/mol. The molecule has 0 fully saturated rings. The summed E-state index contributed by atoms with van der Waals surface area (Å²) in [6.45, 7) is 6.95. The van der Waals surface area contributed by atoms with E-state index in [2.05, 4.69) is 37.4 Å². The molecular formula is C18H22FNO. The fraction of sp³-hybridized carbons (Fsp3) is 0.333. The molecule has 0 saturated carbocycles. The van der Waals surface area contributed by atoms with E-state index in [1.807, 2.05) is 6.92 Å². The normalized spacial score (nSPS) is 12.2. The molecule has 3 heteroatoms. The standard InChI is InChI=1S/C18H22FNO/c1-12-5-6-13(2)15(9-12)11-20-14(3)17-10-16(19)7-8-18(17)21-4/h5-10,14,20H,11H2,1-4H3. The first-order chi connectivity index (χ1) is 10.0. The van der Waals surface area contributed by atoms with Crippen molar-refractivity contribution >= 4 is 0 Å². The first-order valence-corrected chi connectivity index (χ1v) is 7.14. The third kappa shape index (κ3) is 3.82. The maximum atomic E-state index is 13.4. The van der Waals surface area contributed by atoms with Crippen molar-refractivity contribution in [3.8, 4) is 5.75 Å². The van der Waals surface area contributed by atoms with Crippen molar-refractivity contribution in [2.75, 3.05) is 7.11 Å². The fourth-order valence-corrected chi connectivity index (χ4v) is 2.41. The highest BCUT2D eigenvalue weighted by Gasteiger charge is 2.12. The number of hydrogen-bond acceptors (Lipinski definition) is 2. The molecule has 0 radical (unpaired) electrons. The molecule has 0 heterocycles. The Hall–Kier alpha value is -1.87. The Morgan fingerprint density at radius 1 is 1.14 bits per heavy atom. The molecule has 0 aliphatic rings. The SMILES string of the molecule is COc1ccc(F)cc1C(C)NCc1cc(C)ccc1C. The number of halogens is 1. The van der Waals surface area contributed by atoms with E-state index < -0.39 is 0 Å². The number of hydrogen-bond donors (Lipinski definition) is 1. The van der Waals surface area contributed by atoms with E-state index in [9.17, 15) is 4.39 Å². The van der Waals surface area contributed by atoms with E-state index in [1.165, 1.54) is 28.8 Å². The van der Waals surface area contributed by atoms with E-state index in [0.717, 1.165) is 12.1 Å². The minimum Gasteiger partial charge on any atom is -0.496 e. The predicted octanol–water partition coefficient (Wildman–Crippen LogP) is 4.30. The highest BCUT2D eigenvalue weighted by atomic mass is 19.1. The highest BCUT2D eigenvalue weighted by molar-refractivity contribution is 5.36. The number of ether oxygens (including phenoxy) is 1. The Labute approximate surface area is 126 Å². The molecule has 21 heavy (non-hydrogen) atoms. The number of benzene rings is 2. The van der Waals surface area contributed by atoms with Crippen LogP contribution in [0.2, 0.25) is 0 Å². The van der Waals surface area contributed by atoms with Crippen LogP contribution in [0, 0.1) is 19.7 Å². The van der Waals surface area contributed by atoms with Crippen molar-refractivity contribution < 1.29 is 9.13 Å². The van der Waals surface area contributed by atoms with Crippen LogP contribution in [-0.2, 0) is 6.54 Å². The van der Waals surface area contributed by atoms with Gasteiger partial charge in [-0.3, -0.25) is 0 Å². The largest absolute Gasteiger partial charge is 0.496 e. The summed E-state index contributed by atoms with van der Waals surface area (Å²) in [5, 5.41) is 3.44. The molecule has 0 aliphatic carbocycles. The van der Waals surface area contributed by atoms with Crippen LogP contribution in [0.5, 0.6) is 5.75 Å². The number of rotatable bonds is 5. The molecule has 0 bridgehead atoms. The summed E-state index contributed by atoms with van der Waals surface area (Å²) < 4.78 is 18.8. The maximum Gasteiger partial charge on any atom is 0.123 e. The Morgan fingerprint density at radius 2 is 1.90 bits per heavy atom. The molecule has 0 amide bonds. The molecule has 0 aromatic heterocycles. The quantitative estimate of drug-likeness (QED) is 0.885. The lowest BCUT2D eigenvalue weighted by atomic mass is 10.0. The molecule has 2 nitrogen and oxygen atoms in total. The molecular weight excluding hydrogens is 265 g/mol. The molecule has 1 atom stereocenters. The topological polar surface area (TPSA) is 21.3 Å². The van der Waals surface area contributed by atoms with Crippen LogP contribution in [0.1, 0.15) is 35.2 Å². The van der Waals surface area contributed by atoms with Crippen molar-refractivity contribution in [2.45, 2.75) is 33.4 Å². The molecule has 1 N–H and O–H groups in total. The Bertz CT molecular complexity index is 625. The number of nitrogens with one attached hydrogen (secondary N) is 1. The zero-order chi connectivity index (χ0) is 15.4. The lowest BCUT2D eigenvalue weighted by Crippen LogP contribution is -2.19. The lowest BCUT2D eigenvalue weighted by Gasteiger charge is -2.18. The average Bonchev–Trinajstić information content (AvgIpc) is 2.47. The van der Waals surface area contributed by atoms with Gasteiger partial charge in [-0.25, -0.2) is 4.39 Å². The summed E-state index contributed by atoms with van der Waals surface area (Å²) >= 11 is 0. The Balaban J connectivity index is 2.13. The van der Waals surface area contributed by atoms with Crippen LogP contribution >= 0.6 is 0 Å². The second-order valence-electron chi connectivity index (χ2n) is 5.42. The fourth-order valence-electron chi connectivity index (χ4n) is 2.41. The first-order valence-electron chi connectivity index (χ1n) is 7.14. The van der Waals surface area contributed by atoms with Gasteiger partial charge in [0.25, 0.3) is 0 Å². The van der Waals surface area contributed by atoms with Gasteiger partial charge >= 0.3 is 0 Å². The highest BCUT2D eigenvalue weighted by Crippen LogP contribution is 2.26. The summed E-state index contributed by atoms with van der Waals surface area (Å²) in [6.07, 6.45) is 0. The summed E-state index contributed by atoms with van der Waals surface area (Å²) in [5.74, 6) is 0.462. The van der Waals surface area contributed by atoms with Gasteiger partial charge in [-0.1, -0.05) is 23.8 Å². The van der Waals surface area contributed by atoms with Crippen molar-refractivity contribution in [1.82, 2.24) is 5.32 Å². The van der Waals surface area contributed by atoms with Gasteiger partial charge < -0.3 is 10.1 Å². The second kappa shape index (κ2) is 6.72. The van der Waals surface area contributed by atoms with Crippen LogP contribution in [0.4, 0.5) is 4.39 Å².